The summed E-state index contributed by atoms with van der Waals surface area (Å²) < 4.78 is 42.0. The molecule has 4 heterocycles. The average molecular weight is 504 g/mol. The highest BCUT2D eigenvalue weighted by Crippen LogP contribution is 2.36. The summed E-state index contributed by atoms with van der Waals surface area (Å²) in [6.45, 7) is 1.64. The van der Waals surface area contributed by atoms with E-state index in [9.17, 15) is 13.2 Å². The number of aromatic nitrogens is 3. The molecule has 4 aromatic rings. The Morgan fingerprint density at radius 1 is 1.12 bits per heavy atom. The van der Waals surface area contributed by atoms with E-state index < -0.39 is 12.6 Å². The van der Waals surface area contributed by atoms with Crippen LogP contribution in [0.15, 0.2) is 54.1 Å². The molecule has 0 radical (unpaired) electrons. The van der Waals surface area contributed by atoms with Gasteiger partial charge >= 0.3 is 6.18 Å². The second-order valence-electron chi connectivity index (χ2n) is 8.08. The van der Waals surface area contributed by atoms with Gasteiger partial charge in [0.25, 0.3) is 0 Å². The van der Waals surface area contributed by atoms with Crippen LogP contribution in [0.25, 0.3) is 22.5 Å². The predicted octanol–water partition coefficient (Wildman–Crippen LogP) is 6.36. The van der Waals surface area contributed by atoms with E-state index in [2.05, 4.69) is 21.4 Å². The van der Waals surface area contributed by atoms with Crippen LogP contribution in [-0.4, -0.2) is 40.7 Å². The Kier molecular flexibility index (Phi) is 6.09. The second-order valence-corrected chi connectivity index (χ2v) is 9.36. The topological polar surface area (TPSA) is 45.5 Å². The van der Waals surface area contributed by atoms with E-state index in [0.717, 1.165) is 36.3 Å². The zero-order valence-electron chi connectivity index (χ0n) is 18.2. The van der Waals surface area contributed by atoms with Gasteiger partial charge in [0, 0.05) is 35.8 Å². The van der Waals surface area contributed by atoms with E-state index in [1.807, 2.05) is 29.8 Å². The lowest BCUT2D eigenvalue weighted by Gasteiger charge is -2.19. The minimum atomic E-state index is -4.38. The highest BCUT2D eigenvalue weighted by Gasteiger charge is 2.33. The molecule has 0 aliphatic carbocycles. The standard InChI is InChI=1S/C24H21ClF3N5S/c1-32(23-31-20(14-34-23)16-2-5-18(25)6-3-16)22-19(12-24(26,27)28)30-21-7-4-17(13-33(21)22)15-8-10-29-11-9-15/h2-8,13-14,29H,9-12H2,1H3. The molecule has 0 bridgehead atoms. The van der Waals surface area contributed by atoms with E-state index in [1.54, 1.807) is 34.5 Å². The van der Waals surface area contributed by atoms with Gasteiger partial charge < -0.3 is 10.2 Å². The van der Waals surface area contributed by atoms with Crippen LogP contribution >= 0.6 is 22.9 Å². The van der Waals surface area contributed by atoms with Crippen molar-refractivity contribution in [1.82, 2.24) is 19.7 Å². The molecule has 0 atom stereocenters. The number of imidazole rings is 1. The Hall–Kier alpha value is -2.88. The largest absolute Gasteiger partial charge is 0.394 e. The number of halogens is 4. The first-order chi connectivity index (χ1) is 16.3. The number of anilines is 2. The van der Waals surface area contributed by atoms with Crippen LogP contribution in [0.3, 0.4) is 0 Å². The number of alkyl halides is 3. The molecule has 0 fully saturated rings. The molecule has 0 saturated carbocycles. The Balaban J connectivity index is 1.59. The summed E-state index contributed by atoms with van der Waals surface area (Å²) in [5, 5.41) is 6.36. The lowest BCUT2D eigenvalue weighted by atomic mass is 10.0. The van der Waals surface area contributed by atoms with Crippen molar-refractivity contribution in [2.75, 3.05) is 25.0 Å². The van der Waals surface area contributed by atoms with E-state index in [-0.39, 0.29) is 5.69 Å². The molecule has 1 aliphatic rings. The van der Waals surface area contributed by atoms with Gasteiger partial charge in [0.15, 0.2) is 5.13 Å². The monoisotopic (exact) mass is 503 g/mol. The van der Waals surface area contributed by atoms with E-state index in [1.165, 1.54) is 16.9 Å². The van der Waals surface area contributed by atoms with Gasteiger partial charge in [-0.05, 0) is 48.4 Å². The van der Waals surface area contributed by atoms with Crippen LogP contribution in [0.5, 0.6) is 0 Å². The molecule has 1 aromatic carbocycles. The van der Waals surface area contributed by atoms with Crippen molar-refractivity contribution in [3.63, 3.8) is 0 Å². The van der Waals surface area contributed by atoms with Crippen molar-refractivity contribution in [3.05, 3.63) is 70.3 Å². The van der Waals surface area contributed by atoms with Crippen molar-refractivity contribution in [3.8, 4) is 11.3 Å². The zero-order valence-corrected chi connectivity index (χ0v) is 19.8. The Morgan fingerprint density at radius 2 is 1.88 bits per heavy atom. The quantitative estimate of drug-likeness (QED) is 0.344. The molecule has 176 valence electrons. The summed E-state index contributed by atoms with van der Waals surface area (Å²) in [7, 11) is 1.73. The van der Waals surface area contributed by atoms with Crippen molar-refractivity contribution >= 4 is 45.1 Å². The first-order valence-corrected chi connectivity index (χ1v) is 12.0. The number of rotatable bonds is 5. The maximum Gasteiger partial charge on any atom is 0.394 e. The molecular weight excluding hydrogens is 483 g/mol. The number of hydrogen-bond acceptors (Lipinski definition) is 5. The van der Waals surface area contributed by atoms with Gasteiger partial charge in [-0.2, -0.15) is 13.2 Å². The molecule has 0 saturated heterocycles. The lowest BCUT2D eigenvalue weighted by Crippen LogP contribution is -2.20. The Bertz CT molecular complexity index is 1360. The van der Waals surface area contributed by atoms with E-state index in [4.69, 9.17) is 11.6 Å². The number of fused-ring (bicyclic) bond motifs is 1. The van der Waals surface area contributed by atoms with E-state index in [0.29, 0.717) is 21.6 Å². The van der Waals surface area contributed by atoms with Crippen molar-refractivity contribution < 1.29 is 13.2 Å². The highest BCUT2D eigenvalue weighted by atomic mass is 35.5. The van der Waals surface area contributed by atoms with Gasteiger partial charge in [-0.1, -0.05) is 29.8 Å². The second kappa shape index (κ2) is 9.05. The molecule has 0 spiro atoms. The molecule has 1 aliphatic heterocycles. The maximum absolute atomic E-state index is 13.4. The van der Waals surface area contributed by atoms with Gasteiger partial charge in [-0.3, -0.25) is 4.40 Å². The van der Waals surface area contributed by atoms with Crippen LogP contribution in [0.2, 0.25) is 5.02 Å². The third-order valence-corrected chi connectivity index (χ3v) is 6.87. The predicted molar refractivity (Wildman–Crippen MR) is 131 cm³/mol. The van der Waals surface area contributed by atoms with E-state index >= 15 is 0 Å². The van der Waals surface area contributed by atoms with Gasteiger partial charge in [-0.25, -0.2) is 9.97 Å². The molecule has 10 heteroatoms. The van der Waals surface area contributed by atoms with Gasteiger partial charge in [0.1, 0.15) is 11.5 Å². The van der Waals surface area contributed by atoms with Crippen molar-refractivity contribution in [2.45, 2.75) is 19.0 Å². The number of benzene rings is 1. The summed E-state index contributed by atoms with van der Waals surface area (Å²) >= 11 is 7.34. The fraction of sp³-hybridized carbons (Fsp3) is 0.250. The van der Waals surface area contributed by atoms with Crippen molar-refractivity contribution in [2.24, 2.45) is 0 Å². The summed E-state index contributed by atoms with van der Waals surface area (Å²) in [5.41, 5.74) is 4.19. The van der Waals surface area contributed by atoms with Crippen LogP contribution < -0.4 is 10.2 Å². The van der Waals surface area contributed by atoms with Gasteiger partial charge in [-0.15, -0.1) is 11.3 Å². The third kappa shape index (κ3) is 4.68. The Morgan fingerprint density at radius 3 is 2.59 bits per heavy atom. The average Bonchev–Trinajstić information content (AvgIpc) is 3.43. The lowest BCUT2D eigenvalue weighted by molar-refractivity contribution is -0.127. The smallest absolute Gasteiger partial charge is 0.313 e. The molecule has 0 unspecified atom stereocenters. The number of hydrogen-bond donors (Lipinski definition) is 1. The third-order valence-electron chi connectivity index (χ3n) is 5.70. The van der Waals surface area contributed by atoms with Crippen LogP contribution in [-0.2, 0) is 6.42 Å². The molecule has 5 rings (SSSR count). The van der Waals surface area contributed by atoms with Crippen LogP contribution in [0, 0.1) is 0 Å². The molecule has 3 aromatic heterocycles. The summed E-state index contributed by atoms with van der Waals surface area (Å²) in [6.07, 6.45) is -0.658. The van der Waals surface area contributed by atoms with Gasteiger partial charge in [0.05, 0.1) is 17.8 Å². The highest BCUT2D eigenvalue weighted by molar-refractivity contribution is 7.14. The number of pyridine rings is 1. The molecule has 1 N–H and O–H groups in total. The maximum atomic E-state index is 13.4. The first kappa shape index (κ1) is 22.9. The molecule has 0 amide bonds. The van der Waals surface area contributed by atoms with Gasteiger partial charge in [0.2, 0.25) is 0 Å². The number of thiazole rings is 1. The SMILES string of the molecule is CN(c1nc(-c2ccc(Cl)cc2)cs1)c1c(CC(F)(F)F)nc2ccc(C3=CCNCC3)cn12. The minimum absolute atomic E-state index is 0.0327. The summed E-state index contributed by atoms with van der Waals surface area (Å²) in [5.74, 6) is 0.362. The fourth-order valence-electron chi connectivity index (χ4n) is 4.08. The molecule has 5 nitrogen and oxygen atoms in total. The van der Waals surface area contributed by atoms with Crippen LogP contribution in [0.1, 0.15) is 17.7 Å². The number of nitrogens with zero attached hydrogens (tertiary/aromatic N) is 4. The molecule has 34 heavy (non-hydrogen) atoms. The Labute approximate surface area is 203 Å². The number of nitrogens with one attached hydrogen (secondary N) is 1. The van der Waals surface area contributed by atoms with Crippen LogP contribution in [0.4, 0.5) is 24.1 Å². The zero-order chi connectivity index (χ0) is 23.9. The summed E-state index contributed by atoms with van der Waals surface area (Å²) in [4.78, 5) is 10.7. The first-order valence-electron chi connectivity index (χ1n) is 10.7. The summed E-state index contributed by atoms with van der Waals surface area (Å²) in [6, 6.07) is 11.0. The normalized spacial score (nSPS) is 14.4. The van der Waals surface area contributed by atoms with Crippen molar-refractivity contribution in [1.29, 1.82) is 0 Å². The fourth-order valence-corrected chi connectivity index (χ4v) is 5.01. The molecular formula is C24H21ClF3N5S. The minimum Gasteiger partial charge on any atom is -0.313 e.